The maximum Gasteiger partial charge on any atom is 0.458 e. The molecular formula is C11H24BNO2. The molecule has 4 heteroatoms. The second-order valence-electron chi connectivity index (χ2n) is 5.43. The van der Waals surface area contributed by atoms with Crippen molar-refractivity contribution in [3.8, 4) is 0 Å². The van der Waals surface area contributed by atoms with Gasteiger partial charge in [-0.05, 0) is 46.5 Å². The molecule has 1 fully saturated rings. The lowest BCUT2D eigenvalue weighted by Gasteiger charge is -2.32. The molecule has 1 rings (SSSR count). The highest BCUT2D eigenvalue weighted by Crippen LogP contribution is 2.38. The zero-order valence-electron chi connectivity index (χ0n) is 10.7. The van der Waals surface area contributed by atoms with E-state index in [1.165, 1.54) is 0 Å². The Morgan fingerprint density at radius 1 is 1.13 bits per heavy atom. The molecule has 1 heterocycles. The molecule has 15 heavy (non-hydrogen) atoms. The van der Waals surface area contributed by atoms with E-state index in [-0.39, 0.29) is 18.3 Å². The van der Waals surface area contributed by atoms with E-state index in [9.17, 15) is 0 Å². The van der Waals surface area contributed by atoms with Crippen LogP contribution in [0.4, 0.5) is 0 Å². The summed E-state index contributed by atoms with van der Waals surface area (Å²) in [5.41, 5.74) is 5.25. The summed E-state index contributed by atoms with van der Waals surface area (Å²) in [6, 6.07) is 0. The maximum atomic E-state index is 5.92. The van der Waals surface area contributed by atoms with Crippen molar-refractivity contribution in [3.05, 3.63) is 0 Å². The monoisotopic (exact) mass is 213 g/mol. The summed E-state index contributed by atoms with van der Waals surface area (Å²) in [5, 5.41) is 0. The molecule has 1 aliphatic heterocycles. The summed E-state index contributed by atoms with van der Waals surface area (Å²) in [6.07, 6.45) is 1.99. The smallest absolute Gasteiger partial charge is 0.403 e. The van der Waals surface area contributed by atoms with Crippen molar-refractivity contribution < 1.29 is 9.31 Å². The van der Waals surface area contributed by atoms with Crippen molar-refractivity contribution in [2.75, 3.05) is 6.54 Å². The lowest BCUT2D eigenvalue weighted by atomic mass is 9.76. The molecule has 1 aliphatic rings. The standard InChI is InChI=1S/C11H24BNO2/c1-6-9(8-13)7-12-14-10(2,3)11(4,5)15-12/h9H,6-8,13H2,1-5H3. The first-order valence-electron chi connectivity index (χ1n) is 5.88. The fourth-order valence-corrected chi connectivity index (χ4v) is 1.76. The van der Waals surface area contributed by atoms with Crippen LogP contribution in [0.15, 0.2) is 0 Å². The van der Waals surface area contributed by atoms with E-state index in [4.69, 9.17) is 15.0 Å². The summed E-state index contributed by atoms with van der Waals surface area (Å²) in [7, 11) is -0.0940. The Morgan fingerprint density at radius 3 is 1.93 bits per heavy atom. The molecule has 0 bridgehead atoms. The minimum absolute atomic E-state index is 0.0940. The summed E-state index contributed by atoms with van der Waals surface area (Å²) >= 11 is 0. The van der Waals surface area contributed by atoms with Gasteiger partial charge in [0, 0.05) is 0 Å². The molecule has 0 spiro atoms. The van der Waals surface area contributed by atoms with Gasteiger partial charge in [0.05, 0.1) is 11.2 Å². The molecule has 1 unspecified atom stereocenters. The summed E-state index contributed by atoms with van der Waals surface area (Å²) in [5.74, 6) is 0.500. The van der Waals surface area contributed by atoms with Crippen LogP contribution in [-0.4, -0.2) is 24.9 Å². The van der Waals surface area contributed by atoms with Gasteiger partial charge in [0.1, 0.15) is 0 Å². The van der Waals surface area contributed by atoms with Crippen molar-refractivity contribution in [1.29, 1.82) is 0 Å². The molecule has 3 nitrogen and oxygen atoms in total. The molecule has 0 aliphatic carbocycles. The number of hydrogen-bond donors (Lipinski definition) is 1. The van der Waals surface area contributed by atoms with Gasteiger partial charge >= 0.3 is 7.12 Å². The van der Waals surface area contributed by atoms with Crippen LogP contribution in [0.25, 0.3) is 0 Å². The Bertz CT molecular complexity index is 199. The minimum atomic E-state index is -0.218. The maximum absolute atomic E-state index is 5.92. The molecule has 0 radical (unpaired) electrons. The third-order valence-corrected chi connectivity index (χ3v) is 3.74. The highest BCUT2D eigenvalue weighted by molar-refractivity contribution is 6.45. The van der Waals surface area contributed by atoms with E-state index >= 15 is 0 Å². The van der Waals surface area contributed by atoms with Crippen molar-refractivity contribution >= 4 is 7.12 Å². The Kier molecular flexibility index (Phi) is 3.85. The third kappa shape index (κ3) is 2.74. The van der Waals surface area contributed by atoms with E-state index < -0.39 is 0 Å². The van der Waals surface area contributed by atoms with Crippen LogP contribution in [0.1, 0.15) is 41.0 Å². The van der Waals surface area contributed by atoms with Crippen molar-refractivity contribution in [1.82, 2.24) is 0 Å². The van der Waals surface area contributed by atoms with Crippen LogP contribution in [0, 0.1) is 5.92 Å². The van der Waals surface area contributed by atoms with Gasteiger partial charge in [-0.25, -0.2) is 0 Å². The van der Waals surface area contributed by atoms with E-state index in [2.05, 4.69) is 34.6 Å². The molecule has 0 amide bonds. The molecular weight excluding hydrogens is 189 g/mol. The minimum Gasteiger partial charge on any atom is -0.403 e. The molecule has 0 aromatic heterocycles. The third-order valence-electron chi connectivity index (χ3n) is 3.74. The van der Waals surface area contributed by atoms with Crippen LogP contribution in [0.3, 0.4) is 0 Å². The Balaban J connectivity index is 2.55. The highest BCUT2D eigenvalue weighted by atomic mass is 16.7. The number of rotatable bonds is 4. The first kappa shape index (κ1) is 13.0. The average Bonchev–Trinajstić information content (AvgIpc) is 2.31. The number of hydrogen-bond acceptors (Lipinski definition) is 3. The quantitative estimate of drug-likeness (QED) is 0.727. The second-order valence-corrected chi connectivity index (χ2v) is 5.43. The Hall–Kier alpha value is -0.0551. The molecule has 1 saturated heterocycles. The van der Waals surface area contributed by atoms with Gasteiger partial charge in [-0.2, -0.15) is 0 Å². The van der Waals surface area contributed by atoms with Gasteiger partial charge in [0.2, 0.25) is 0 Å². The summed E-state index contributed by atoms with van der Waals surface area (Å²) in [4.78, 5) is 0. The van der Waals surface area contributed by atoms with Crippen molar-refractivity contribution in [2.45, 2.75) is 58.6 Å². The number of nitrogens with two attached hydrogens (primary N) is 1. The van der Waals surface area contributed by atoms with E-state index in [0.717, 1.165) is 12.7 Å². The Labute approximate surface area is 93.8 Å². The van der Waals surface area contributed by atoms with Crippen LogP contribution < -0.4 is 5.73 Å². The lowest BCUT2D eigenvalue weighted by molar-refractivity contribution is 0.00578. The first-order chi connectivity index (χ1) is 6.82. The van der Waals surface area contributed by atoms with Crippen LogP contribution >= 0.6 is 0 Å². The van der Waals surface area contributed by atoms with Crippen LogP contribution in [0.5, 0.6) is 0 Å². The molecule has 0 saturated carbocycles. The molecule has 0 aromatic rings. The summed E-state index contributed by atoms with van der Waals surface area (Å²) < 4.78 is 11.8. The SMILES string of the molecule is CCC(CN)CB1OC(C)(C)C(C)(C)O1. The van der Waals surface area contributed by atoms with Gasteiger partial charge in [-0.3, -0.25) is 0 Å². The first-order valence-corrected chi connectivity index (χ1v) is 5.88. The van der Waals surface area contributed by atoms with Crippen molar-refractivity contribution in [3.63, 3.8) is 0 Å². The molecule has 0 aromatic carbocycles. The Morgan fingerprint density at radius 2 is 1.60 bits per heavy atom. The normalized spacial score (nSPS) is 25.6. The van der Waals surface area contributed by atoms with Gasteiger partial charge in [0.15, 0.2) is 0 Å². The second kappa shape index (κ2) is 4.44. The molecule has 2 N–H and O–H groups in total. The zero-order chi connectivity index (χ0) is 11.7. The average molecular weight is 213 g/mol. The van der Waals surface area contributed by atoms with Gasteiger partial charge in [-0.15, -0.1) is 0 Å². The lowest BCUT2D eigenvalue weighted by Crippen LogP contribution is -2.41. The zero-order valence-corrected chi connectivity index (χ0v) is 10.7. The van der Waals surface area contributed by atoms with Gasteiger partial charge in [0.25, 0.3) is 0 Å². The van der Waals surface area contributed by atoms with Crippen LogP contribution in [0.2, 0.25) is 6.32 Å². The largest absolute Gasteiger partial charge is 0.458 e. The predicted octanol–water partition coefficient (Wildman–Crippen LogP) is 2.06. The summed E-state index contributed by atoms with van der Waals surface area (Å²) in [6.45, 7) is 11.2. The van der Waals surface area contributed by atoms with Gasteiger partial charge < -0.3 is 15.0 Å². The fraction of sp³-hybridized carbons (Fsp3) is 1.00. The van der Waals surface area contributed by atoms with E-state index in [1.807, 2.05) is 0 Å². The fourth-order valence-electron chi connectivity index (χ4n) is 1.76. The van der Waals surface area contributed by atoms with E-state index in [1.54, 1.807) is 0 Å². The topological polar surface area (TPSA) is 44.5 Å². The predicted molar refractivity (Wildman–Crippen MR) is 63.7 cm³/mol. The van der Waals surface area contributed by atoms with E-state index in [0.29, 0.717) is 12.5 Å². The highest BCUT2D eigenvalue weighted by Gasteiger charge is 2.51. The molecule has 1 atom stereocenters. The van der Waals surface area contributed by atoms with Gasteiger partial charge in [-0.1, -0.05) is 13.3 Å². The van der Waals surface area contributed by atoms with Crippen molar-refractivity contribution in [2.24, 2.45) is 11.7 Å². The van der Waals surface area contributed by atoms with Crippen LogP contribution in [-0.2, 0) is 9.31 Å². The molecule has 88 valence electrons.